The van der Waals surface area contributed by atoms with Crippen LogP contribution in [-0.2, 0) is 11.8 Å². The summed E-state index contributed by atoms with van der Waals surface area (Å²) in [5.41, 5.74) is 0.699. The van der Waals surface area contributed by atoms with Gasteiger partial charge in [-0.25, -0.2) is 39.2 Å². The summed E-state index contributed by atoms with van der Waals surface area (Å²) in [5, 5.41) is 42.9. The van der Waals surface area contributed by atoms with Gasteiger partial charge in [0.2, 0.25) is 23.6 Å². The second kappa shape index (κ2) is 28.2. The highest BCUT2D eigenvalue weighted by molar-refractivity contribution is 7.08. The number of aromatic amines is 9. The number of nitrogens with one attached hydrogen (secondary N) is 10. The minimum absolute atomic E-state index is 0.0532. The largest absolute Gasteiger partial charge is 0.504 e. The summed E-state index contributed by atoms with van der Waals surface area (Å²) in [6.45, 7) is 12.3. The monoisotopic (exact) mass is 938 g/mol. The van der Waals surface area contributed by atoms with Crippen molar-refractivity contribution in [1.82, 2.24) is 90.0 Å². The van der Waals surface area contributed by atoms with Crippen LogP contribution < -0.4 is 38.6 Å². The molecule has 0 saturated carbocycles. The van der Waals surface area contributed by atoms with Crippen molar-refractivity contribution in [2.45, 2.75) is 48.5 Å². The quantitative estimate of drug-likeness (QED) is 0.0842. The van der Waals surface area contributed by atoms with Crippen LogP contribution in [0.5, 0.6) is 11.6 Å². The van der Waals surface area contributed by atoms with Gasteiger partial charge in [-0.1, -0.05) is 11.3 Å². The van der Waals surface area contributed by atoms with Gasteiger partial charge in [-0.3, -0.25) is 39.0 Å². The molecular formula is C32H46N18O12S2. The SMILES string of the molecule is CN1CC(=O)NC1=O.Cc1[nH]ncc1O.Cc1c[nH]c(=O)[nH]1.Cc1n[nH]c(=O)o1.Cc1n[nH]c(=O)s1.Cc1nc(=O)[nH]o1.Cc1nc(=O)[nH]s1.Cc1ncc(O)[nH]1.Cn1ccc(=O)[nH]1. The van der Waals surface area contributed by atoms with Gasteiger partial charge in [0, 0.05) is 52.1 Å². The van der Waals surface area contributed by atoms with Crippen molar-refractivity contribution in [2.75, 3.05) is 13.6 Å². The highest BCUT2D eigenvalue weighted by atomic mass is 32.1. The Morgan fingerprint density at radius 3 is 1.64 bits per heavy atom. The molecule has 1 aliphatic rings. The molecule has 64 heavy (non-hydrogen) atoms. The third-order valence-electron chi connectivity index (χ3n) is 6.11. The fourth-order valence-electron chi connectivity index (χ4n) is 3.37. The molecule has 0 atom stereocenters. The molecule has 0 spiro atoms. The van der Waals surface area contributed by atoms with Gasteiger partial charge in [0.05, 0.1) is 18.1 Å². The fourth-order valence-corrected chi connectivity index (χ4v) is 4.23. The van der Waals surface area contributed by atoms with Crippen molar-refractivity contribution in [1.29, 1.82) is 0 Å². The first kappa shape index (κ1) is 53.6. The van der Waals surface area contributed by atoms with Crippen molar-refractivity contribution in [3.05, 3.63) is 132 Å². The van der Waals surface area contributed by atoms with E-state index in [0.717, 1.165) is 32.9 Å². The summed E-state index contributed by atoms with van der Waals surface area (Å²) < 4.78 is 12.8. The summed E-state index contributed by atoms with van der Waals surface area (Å²) in [6.07, 6.45) is 6.04. The number of H-pyrrole nitrogens is 9. The molecule has 0 unspecified atom stereocenters. The van der Waals surface area contributed by atoms with Crippen molar-refractivity contribution in [2.24, 2.45) is 7.05 Å². The molecule has 8 aromatic rings. The van der Waals surface area contributed by atoms with Gasteiger partial charge < -0.3 is 39.0 Å². The second-order valence-electron chi connectivity index (χ2n) is 11.8. The van der Waals surface area contributed by atoms with Crippen LogP contribution in [0.2, 0.25) is 0 Å². The molecular weight excluding hydrogens is 893 g/mol. The Morgan fingerprint density at radius 2 is 1.50 bits per heavy atom. The highest BCUT2D eigenvalue weighted by Crippen LogP contribution is 2.07. The molecule has 9 heterocycles. The minimum Gasteiger partial charge on any atom is -0.504 e. The summed E-state index contributed by atoms with van der Waals surface area (Å²) in [7, 11) is 3.33. The third-order valence-corrected chi connectivity index (χ3v) is 7.44. The van der Waals surface area contributed by atoms with Gasteiger partial charge in [-0.05, 0) is 46.2 Å². The number of imidazole rings is 2. The first-order valence-electron chi connectivity index (χ1n) is 17.5. The van der Waals surface area contributed by atoms with Crippen LogP contribution in [0.25, 0.3) is 0 Å². The number of likely N-dealkylation sites (N-methyl/N-ethyl adjacent to an activating group) is 1. The van der Waals surface area contributed by atoms with Crippen LogP contribution in [-0.4, -0.2) is 120 Å². The fraction of sp³-hybridized carbons (Fsp3) is 0.312. The molecule has 348 valence electrons. The molecule has 0 aromatic carbocycles. The average Bonchev–Trinajstić information content (AvgIpc) is 4.11. The Bertz CT molecular complexity index is 2490. The van der Waals surface area contributed by atoms with E-state index < -0.39 is 11.4 Å². The van der Waals surface area contributed by atoms with E-state index in [-0.39, 0.29) is 51.9 Å². The first-order valence-corrected chi connectivity index (χ1v) is 19.1. The summed E-state index contributed by atoms with van der Waals surface area (Å²) in [4.78, 5) is 101. The van der Waals surface area contributed by atoms with Crippen LogP contribution >= 0.6 is 22.9 Å². The number of hydrogen-bond acceptors (Lipinski definition) is 20. The van der Waals surface area contributed by atoms with E-state index >= 15 is 0 Å². The van der Waals surface area contributed by atoms with Crippen molar-refractivity contribution >= 4 is 34.8 Å². The number of imide groups is 1. The maximum Gasteiger partial charge on any atom is 0.434 e. The van der Waals surface area contributed by atoms with Crippen LogP contribution in [0.3, 0.4) is 0 Å². The van der Waals surface area contributed by atoms with Crippen LogP contribution in [0.4, 0.5) is 4.79 Å². The van der Waals surface area contributed by atoms with E-state index in [9.17, 15) is 38.4 Å². The molecule has 0 radical (unpaired) electrons. The Morgan fingerprint density at radius 1 is 0.797 bits per heavy atom. The molecule has 30 nitrogen and oxygen atoms in total. The van der Waals surface area contributed by atoms with Crippen molar-refractivity contribution in [3.8, 4) is 11.6 Å². The predicted molar refractivity (Wildman–Crippen MR) is 227 cm³/mol. The van der Waals surface area contributed by atoms with Gasteiger partial charge >= 0.3 is 33.7 Å². The van der Waals surface area contributed by atoms with Gasteiger partial charge in [0.25, 0.3) is 5.56 Å². The number of aryl methyl sites for hydroxylation is 8. The number of amides is 3. The predicted octanol–water partition coefficient (Wildman–Crippen LogP) is -0.637. The van der Waals surface area contributed by atoms with E-state index in [1.54, 1.807) is 72.7 Å². The van der Waals surface area contributed by atoms with Gasteiger partial charge in [0.1, 0.15) is 22.4 Å². The zero-order valence-electron chi connectivity index (χ0n) is 35.5. The van der Waals surface area contributed by atoms with E-state index in [1.807, 2.05) is 12.1 Å². The second-order valence-corrected chi connectivity index (χ2v) is 14.0. The molecule has 3 amide bonds. The number of carbonyl (C=O) groups excluding carboxylic acids is 2. The van der Waals surface area contributed by atoms with E-state index in [4.69, 9.17) is 10.2 Å². The summed E-state index contributed by atoms with van der Waals surface area (Å²) >= 11 is 2.38. The van der Waals surface area contributed by atoms with Gasteiger partial charge in [-0.2, -0.15) is 25.3 Å². The van der Waals surface area contributed by atoms with E-state index in [2.05, 4.69) is 84.2 Å². The number of hydrogen-bond donors (Lipinski definition) is 12. The lowest BCUT2D eigenvalue weighted by Gasteiger charge is -1.99. The van der Waals surface area contributed by atoms with Gasteiger partial charge in [0.15, 0.2) is 5.75 Å². The number of urea groups is 1. The average molecular weight is 939 g/mol. The Kier molecular flexibility index (Phi) is 23.6. The van der Waals surface area contributed by atoms with Crippen molar-refractivity contribution < 1.29 is 28.7 Å². The van der Waals surface area contributed by atoms with Crippen LogP contribution in [0.15, 0.2) is 68.6 Å². The molecule has 8 aromatic heterocycles. The van der Waals surface area contributed by atoms with Crippen LogP contribution in [0, 0.1) is 48.5 Å². The maximum absolute atomic E-state index is 10.4. The zero-order valence-corrected chi connectivity index (χ0v) is 37.1. The molecule has 1 fully saturated rings. The topological polar surface area (TPSA) is 443 Å². The molecule has 9 rings (SSSR count). The zero-order chi connectivity index (χ0) is 48.4. The summed E-state index contributed by atoms with van der Waals surface area (Å²) in [6, 6.07) is 1.16. The number of rotatable bonds is 0. The Hall–Kier alpha value is -8.42. The number of aromatic hydroxyl groups is 2. The normalized spacial score (nSPS) is 10.5. The number of aromatic nitrogens is 16. The molecule has 12 N–H and O–H groups in total. The maximum atomic E-state index is 10.4. The van der Waals surface area contributed by atoms with Crippen LogP contribution in [0.1, 0.15) is 39.0 Å². The lowest BCUT2D eigenvalue weighted by molar-refractivity contribution is -0.118. The van der Waals surface area contributed by atoms with Crippen molar-refractivity contribution in [3.63, 3.8) is 0 Å². The molecule has 1 saturated heterocycles. The lowest BCUT2D eigenvalue weighted by atomic mass is 10.5. The standard InChI is InChI=1S/C4H6N2O2.4C4H6N2O.2C3H4N2O2.2C3H4N2OS/c1-6-2-3(7)5-4(6)8;1-6-3-2-4(7)5-6;1-3-5-2-4(7)6-3;1-3-4(7)2-5-6-3;1-3-2-5-4(7)6-3;1-2-4-5-3(6)7-2;1-2-4-3(6)5-7-2;1-2-4-5-3(6)7-2;1-2-4-3(6)5-7-2/h2H2,1H3,(H,5,7,8);2-3H,1H3,(H,5,7);2*2,7H,1H3,(H,5,6);2H,1H3,(H2,5,6,7);4*1H3,(H,5,6). The third kappa shape index (κ3) is 25.3. The minimum atomic E-state index is -0.502. The lowest BCUT2D eigenvalue weighted by Crippen LogP contribution is -2.24. The summed E-state index contributed by atoms with van der Waals surface area (Å²) in [5.74, 6) is 1.08. The molecule has 1 aliphatic heterocycles. The van der Waals surface area contributed by atoms with E-state index in [1.165, 1.54) is 34.9 Å². The first-order chi connectivity index (χ1) is 30.0. The number of nitrogens with zero attached hydrogens (tertiary/aromatic N) is 8. The Balaban J connectivity index is 0.000000360. The molecule has 0 aliphatic carbocycles. The highest BCUT2D eigenvalue weighted by Gasteiger charge is 2.21. The van der Waals surface area contributed by atoms with Gasteiger partial charge in [-0.15, -0.1) is 5.10 Å². The number of carbonyl (C=O) groups is 2. The Labute approximate surface area is 365 Å². The van der Waals surface area contributed by atoms with E-state index in [0.29, 0.717) is 17.5 Å². The molecule has 0 bridgehead atoms. The smallest absolute Gasteiger partial charge is 0.434 e. The molecule has 32 heteroatoms.